The third-order valence-corrected chi connectivity index (χ3v) is 23.2. The first-order valence-electron chi connectivity index (χ1n) is 42.6. The molecule has 33 nitrogen and oxygen atoms in total. The highest BCUT2D eigenvalue weighted by Gasteiger charge is 2.42. The molecule has 1 saturated heterocycles. The van der Waals surface area contributed by atoms with Gasteiger partial charge in [-0.2, -0.15) is 0 Å². The number of nitrogens with zero attached hydrogens (tertiary/aromatic N) is 5. The molecule has 1 fully saturated rings. The Labute approximate surface area is 751 Å². The van der Waals surface area contributed by atoms with Crippen LogP contribution in [-0.2, 0) is 110 Å². The first-order valence-corrected chi connectivity index (χ1v) is 44.2. The minimum Gasteiger partial charge on any atom is -0.508 e. The summed E-state index contributed by atoms with van der Waals surface area (Å²) in [6.07, 6.45) is 1.04. The quantitative estimate of drug-likeness (QED) is 0.0409. The van der Waals surface area contributed by atoms with Crippen LogP contribution in [0.15, 0.2) is 176 Å². The lowest BCUT2D eigenvalue weighted by Crippen LogP contribution is -2.61. The van der Waals surface area contributed by atoms with Crippen LogP contribution in [0.25, 0.3) is 10.9 Å². The average molecular weight is 1800 g/mol. The standard InChI is InChI=1S/C93H119N16O17PS/c1-11-12-37-74-91(124)106(7)53-79(113)98-70(49-81(115)127)87(120)104-82(57(4)5)93(126)108(9)75(46-60-31-21-15-22-32-60)88(121)102-71(45-62-38-40-64(110)41-39-62)89(122)105(6)52-78(112)97-69(48-63-50-95-66-36-26-25-35-65(63)66)86(119)101-68(43-58-27-17-13-18-28-58)85(118)100-67(42-56(2)3)84(117)103-73(83(116)96-51-77(94)111)54-128-55-80(114)99-72(44-59-29-19-14-20-30-59)90(123)109(10)76(92(125)107(74)8)47-61-33-23-16-24-34-61/h13-36,38-41,50,56-57,67-76,82,95,110,115,127H,11-12,37,42-49,51-55H2,1-10H3,(H2,94,111)(H,96,116)(H,97,112)(H,98,113)(H,99,114)(H,100,118)(H,101,119)(H,102,121)(H,103,117)(H,104,120)/t67-,68-,69-,70-,71-,72-,73-,74-,75-,76-,82-/m0/s1. The summed E-state index contributed by atoms with van der Waals surface area (Å²) in [7, 11) is 9.80. The zero-order valence-corrected chi connectivity index (χ0v) is 75.6. The molecule has 0 bridgehead atoms. The van der Waals surface area contributed by atoms with E-state index in [-0.39, 0.29) is 68.8 Å². The van der Waals surface area contributed by atoms with Crippen LogP contribution in [0, 0.1) is 11.8 Å². The SMILES string of the molecule is CCCC[C@H]1C(=O)N(C)CC(=O)N[C@@H](CC(O)=P)C(=O)N[C@@H](C(C)C)C(=O)N(C)[C@@H](Cc2ccccc2)C(=O)N[C@@H](Cc2ccc(O)cc2)C(=O)N(C)CC(=O)N[C@@H](Cc2c[nH]c3ccccc23)C(=O)N[C@@H](Cc2ccccc2)C(=O)N[C@@H](CC(C)C)C(=O)N[C@H](C(=O)NCC(N)=O)CSCC(=O)N[C@@H](Cc2ccccc2)C(=O)N(C)[C@@H](Cc2ccccc2)C(=O)N1C. The van der Waals surface area contributed by atoms with Crippen molar-refractivity contribution in [2.45, 2.75) is 172 Å². The zero-order valence-electron chi connectivity index (χ0n) is 73.8. The number of H-pyrrole nitrogens is 1. The number of aromatic amines is 1. The first kappa shape index (κ1) is 101. The number of aliphatic hydroxyl groups excluding tert-OH is 1. The summed E-state index contributed by atoms with van der Waals surface area (Å²) in [5.41, 5.74) is 8.97. The normalized spacial score (nSPS) is 22.0. The predicted molar refractivity (Wildman–Crippen MR) is 488 cm³/mol. The largest absolute Gasteiger partial charge is 0.508 e. The Bertz CT molecular complexity index is 5010. The summed E-state index contributed by atoms with van der Waals surface area (Å²) >= 11 is 0.856. The summed E-state index contributed by atoms with van der Waals surface area (Å²) in [4.78, 5) is 231. The van der Waals surface area contributed by atoms with Crippen LogP contribution in [0.1, 0.15) is 100 Å². The molecule has 7 aromatic rings. The number of phenols is 1. The van der Waals surface area contributed by atoms with Crippen LogP contribution >= 0.6 is 20.6 Å². The molecule has 8 rings (SSSR count). The van der Waals surface area contributed by atoms with Crippen LogP contribution in [0.3, 0.4) is 0 Å². The number of aromatic nitrogens is 1. The van der Waals surface area contributed by atoms with E-state index < -0.39 is 198 Å². The Kier molecular flexibility index (Phi) is 38.8. The van der Waals surface area contributed by atoms with E-state index in [2.05, 4.69) is 61.7 Å². The fraction of sp³-hybridized carbons (Fsp3) is 0.419. The Morgan fingerprint density at radius 3 is 1.46 bits per heavy atom. The van der Waals surface area contributed by atoms with Crippen molar-refractivity contribution >= 4 is 126 Å². The monoisotopic (exact) mass is 1790 g/mol. The Morgan fingerprint density at radius 1 is 0.477 bits per heavy atom. The molecule has 0 radical (unpaired) electrons. The molecule has 1 aliphatic rings. The van der Waals surface area contributed by atoms with Gasteiger partial charge < -0.3 is 93.3 Å². The van der Waals surface area contributed by atoms with Gasteiger partial charge in [0.1, 0.15) is 72.2 Å². The molecule has 0 saturated carbocycles. The Morgan fingerprint density at radius 2 is 0.922 bits per heavy atom. The number of hydrogen-bond donors (Lipinski definition) is 13. The summed E-state index contributed by atoms with van der Waals surface area (Å²) in [5, 5.41) is 46.3. The highest BCUT2D eigenvalue weighted by atomic mass is 32.2. The number of thioether (sulfide) groups is 1. The highest BCUT2D eigenvalue weighted by Crippen LogP contribution is 2.24. The van der Waals surface area contributed by atoms with Crippen molar-refractivity contribution in [1.29, 1.82) is 0 Å². The van der Waals surface area contributed by atoms with Gasteiger partial charge >= 0.3 is 0 Å². The van der Waals surface area contributed by atoms with E-state index in [1.807, 2.05) is 6.92 Å². The molecule has 128 heavy (non-hydrogen) atoms. The first-order chi connectivity index (χ1) is 61.0. The second kappa shape index (κ2) is 49.3. The number of hydrogen-bond acceptors (Lipinski definition) is 17. The number of phenolic OH excluding ortho intramolecular Hbond substituents is 1. The number of unbranched alkanes of at least 4 members (excludes halogenated alkanes) is 1. The van der Waals surface area contributed by atoms with E-state index in [0.29, 0.717) is 57.1 Å². The van der Waals surface area contributed by atoms with Gasteiger partial charge in [-0.05, 0) is 76.3 Å². The van der Waals surface area contributed by atoms with E-state index in [1.54, 1.807) is 179 Å². The van der Waals surface area contributed by atoms with E-state index in [1.165, 1.54) is 69.3 Å². The molecular weight excluding hydrogens is 1680 g/mol. The summed E-state index contributed by atoms with van der Waals surface area (Å²) in [6, 6.07) is 31.5. The van der Waals surface area contributed by atoms with E-state index >= 15 is 38.4 Å². The third kappa shape index (κ3) is 30.5. The van der Waals surface area contributed by atoms with Crippen molar-refractivity contribution in [2.24, 2.45) is 17.6 Å². The van der Waals surface area contributed by atoms with Gasteiger partial charge in [0.15, 0.2) is 0 Å². The molecular formula is C93H119N16O17PS. The minimum atomic E-state index is -1.64. The van der Waals surface area contributed by atoms with Crippen molar-refractivity contribution in [1.82, 2.24) is 77.3 Å². The number of aromatic hydroxyl groups is 1. The number of nitrogens with two attached hydrogens (primary N) is 1. The summed E-state index contributed by atoms with van der Waals surface area (Å²) in [5.74, 6) is -14.7. The second-order valence-electron chi connectivity index (χ2n) is 32.9. The molecule has 1 aliphatic heterocycles. The molecule has 684 valence electrons. The fourth-order valence-electron chi connectivity index (χ4n) is 14.9. The topological polar surface area (TPSA) is 463 Å². The van der Waals surface area contributed by atoms with Gasteiger partial charge in [0.2, 0.25) is 88.6 Å². The molecule has 6 aromatic carbocycles. The summed E-state index contributed by atoms with van der Waals surface area (Å²) in [6.45, 7) is 6.52. The van der Waals surface area contributed by atoms with Gasteiger partial charge in [-0.25, -0.2) is 0 Å². The number of aliphatic hydroxyl groups is 1. The maximum Gasteiger partial charge on any atom is 0.246 e. The number of carbonyl (C=O) groups excluding carboxylic acids is 15. The van der Waals surface area contributed by atoms with Gasteiger partial charge in [-0.15, -0.1) is 11.8 Å². The van der Waals surface area contributed by atoms with Gasteiger partial charge in [0.25, 0.3) is 0 Å². The van der Waals surface area contributed by atoms with Crippen molar-refractivity contribution in [2.75, 3.05) is 66.4 Å². The number of primary amides is 1. The molecule has 0 spiro atoms. The maximum absolute atomic E-state index is 15.5. The van der Waals surface area contributed by atoms with Crippen molar-refractivity contribution in [3.8, 4) is 5.75 Å². The van der Waals surface area contributed by atoms with Crippen LogP contribution in [0.2, 0.25) is 0 Å². The fourth-order valence-corrected chi connectivity index (χ4v) is 16.0. The van der Waals surface area contributed by atoms with Crippen LogP contribution in [0.5, 0.6) is 5.75 Å². The second-order valence-corrected chi connectivity index (χ2v) is 34.5. The number of fused-ring (bicyclic) bond motifs is 1. The lowest BCUT2D eigenvalue weighted by Gasteiger charge is -2.37. The number of nitrogens with one attached hydrogen (secondary N) is 10. The third-order valence-electron chi connectivity index (χ3n) is 22.0. The molecule has 15 amide bonds. The van der Waals surface area contributed by atoms with Crippen molar-refractivity contribution in [3.05, 3.63) is 209 Å². The highest BCUT2D eigenvalue weighted by molar-refractivity contribution is 8.00. The van der Waals surface area contributed by atoms with Gasteiger partial charge in [0.05, 0.1) is 30.9 Å². The molecule has 0 unspecified atom stereocenters. The minimum absolute atomic E-state index is 0.0515. The molecule has 0 aliphatic carbocycles. The maximum atomic E-state index is 15.5. The number of para-hydroxylation sites is 1. The number of rotatable bonds is 23. The van der Waals surface area contributed by atoms with Gasteiger partial charge in [0, 0.05) is 103 Å². The average Bonchev–Trinajstić information content (AvgIpc) is 1.45. The number of carbonyl (C=O) groups is 15. The van der Waals surface area contributed by atoms with Crippen molar-refractivity contribution in [3.63, 3.8) is 0 Å². The van der Waals surface area contributed by atoms with E-state index in [9.17, 15) is 43.8 Å². The Hall–Kier alpha value is -12.8. The summed E-state index contributed by atoms with van der Waals surface area (Å²) < 4.78 is 0. The van der Waals surface area contributed by atoms with Gasteiger partial charge in [-0.1, -0.05) is 208 Å². The lowest BCUT2D eigenvalue weighted by atomic mass is 9.98. The molecule has 1 aromatic heterocycles. The number of benzene rings is 6. The lowest BCUT2D eigenvalue weighted by molar-refractivity contribution is -0.151. The van der Waals surface area contributed by atoms with Crippen molar-refractivity contribution < 1.29 is 82.1 Å². The van der Waals surface area contributed by atoms with E-state index in [4.69, 9.17) is 5.73 Å². The molecule has 2 heterocycles. The van der Waals surface area contributed by atoms with Crippen LogP contribution < -0.4 is 53.6 Å². The predicted octanol–water partition coefficient (Wildman–Crippen LogP) is 3.18. The number of amides is 15. The molecule has 11 atom stereocenters. The Balaban J connectivity index is 1.21. The van der Waals surface area contributed by atoms with Crippen LogP contribution in [-0.4, -0.2) is 267 Å². The zero-order chi connectivity index (χ0) is 93.4. The van der Waals surface area contributed by atoms with Crippen LogP contribution in [0.4, 0.5) is 0 Å². The smallest absolute Gasteiger partial charge is 0.246 e. The molecule has 14 N–H and O–H groups in total. The number of likely N-dealkylation sites (N-methyl/N-ethyl adjacent to an activating group) is 5. The van der Waals surface area contributed by atoms with Gasteiger partial charge in [-0.3, -0.25) is 71.9 Å². The molecule has 35 heteroatoms. The van der Waals surface area contributed by atoms with E-state index in [0.717, 1.165) is 26.5 Å².